The molecule has 1 aromatic heterocycles. The predicted molar refractivity (Wildman–Crippen MR) is 198 cm³/mol. The standard InChI is InChI=1S/C45H30N2/c1-3-14-31(15-4-1)34-16-13-17-35(30-34)44-39-22-9-7-20-37(39)43(38-21-8-10-23-40(38)44)32-26-28-33(29-27-32)45-46-41-24-11-12-25-42(41)47(45)36-18-5-2-6-19-36/h1-30H. The summed E-state index contributed by atoms with van der Waals surface area (Å²) in [7, 11) is 0. The Bertz CT molecular complexity index is 2490. The van der Waals surface area contributed by atoms with Crippen LogP contribution in [0.25, 0.3) is 83.0 Å². The lowest BCUT2D eigenvalue weighted by molar-refractivity contribution is 1.10. The molecule has 47 heavy (non-hydrogen) atoms. The summed E-state index contributed by atoms with van der Waals surface area (Å²) in [5.41, 5.74) is 11.6. The average Bonchev–Trinajstić information content (AvgIpc) is 3.54. The lowest BCUT2D eigenvalue weighted by Crippen LogP contribution is -1.97. The third-order valence-electron chi connectivity index (χ3n) is 9.20. The average molecular weight is 599 g/mol. The maximum atomic E-state index is 5.10. The number of hydrogen-bond donors (Lipinski definition) is 0. The summed E-state index contributed by atoms with van der Waals surface area (Å²) in [6, 6.07) is 65.1. The van der Waals surface area contributed by atoms with Gasteiger partial charge in [-0.15, -0.1) is 0 Å². The molecule has 0 unspecified atom stereocenters. The van der Waals surface area contributed by atoms with Crippen molar-refractivity contribution < 1.29 is 0 Å². The van der Waals surface area contributed by atoms with Gasteiger partial charge in [-0.05, 0) is 85.3 Å². The van der Waals surface area contributed by atoms with Gasteiger partial charge in [0.25, 0.3) is 0 Å². The van der Waals surface area contributed by atoms with Gasteiger partial charge in [0, 0.05) is 11.3 Å². The molecule has 0 fully saturated rings. The molecule has 9 aromatic rings. The molecular formula is C45H30N2. The molecule has 1 heterocycles. The fourth-order valence-corrected chi connectivity index (χ4v) is 7.08. The number of imidazole rings is 1. The van der Waals surface area contributed by atoms with Gasteiger partial charge >= 0.3 is 0 Å². The summed E-state index contributed by atoms with van der Waals surface area (Å²) in [5.74, 6) is 0.937. The van der Waals surface area contributed by atoms with Crippen LogP contribution in [-0.4, -0.2) is 9.55 Å². The summed E-state index contributed by atoms with van der Waals surface area (Å²) in [5, 5.41) is 4.99. The molecule has 0 amide bonds. The zero-order valence-corrected chi connectivity index (χ0v) is 25.7. The molecule has 0 atom stereocenters. The molecule has 0 aliphatic rings. The van der Waals surface area contributed by atoms with Crippen LogP contribution in [0.15, 0.2) is 182 Å². The minimum absolute atomic E-state index is 0.937. The van der Waals surface area contributed by atoms with Crippen LogP contribution >= 0.6 is 0 Å². The van der Waals surface area contributed by atoms with Gasteiger partial charge in [-0.25, -0.2) is 4.98 Å². The third-order valence-corrected chi connectivity index (χ3v) is 9.20. The van der Waals surface area contributed by atoms with Crippen LogP contribution in [0.3, 0.4) is 0 Å². The molecule has 8 aromatic carbocycles. The van der Waals surface area contributed by atoms with Crippen LogP contribution in [0.5, 0.6) is 0 Å². The van der Waals surface area contributed by atoms with Crippen LogP contribution in [-0.2, 0) is 0 Å². The van der Waals surface area contributed by atoms with Crippen LogP contribution in [0.4, 0.5) is 0 Å². The second-order valence-electron chi connectivity index (χ2n) is 12.0. The molecule has 0 bridgehead atoms. The number of para-hydroxylation sites is 3. The molecule has 0 saturated heterocycles. The number of hydrogen-bond acceptors (Lipinski definition) is 1. The molecule has 0 aliphatic heterocycles. The second kappa shape index (κ2) is 11.3. The highest BCUT2D eigenvalue weighted by molar-refractivity contribution is 6.21. The van der Waals surface area contributed by atoms with E-state index in [0.717, 1.165) is 28.1 Å². The Morgan fingerprint density at radius 1 is 0.340 bits per heavy atom. The van der Waals surface area contributed by atoms with Crippen LogP contribution in [0, 0.1) is 0 Å². The Kier molecular flexibility index (Phi) is 6.50. The molecule has 2 nitrogen and oxygen atoms in total. The largest absolute Gasteiger partial charge is 0.292 e. The lowest BCUT2D eigenvalue weighted by Gasteiger charge is -2.18. The van der Waals surface area contributed by atoms with Crippen molar-refractivity contribution in [1.29, 1.82) is 0 Å². The summed E-state index contributed by atoms with van der Waals surface area (Å²) in [4.78, 5) is 5.10. The van der Waals surface area contributed by atoms with Gasteiger partial charge < -0.3 is 0 Å². The van der Waals surface area contributed by atoms with Crippen molar-refractivity contribution in [1.82, 2.24) is 9.55 Å². The van der Waals surface area contributed by atoms with Crippen molar-refractivity contribution >= 4 is 32.6 Å². The quantitative estimate of drug-likeness (QED) is 0.180. The van der Waals surface area contributed by atoms with Gasteiger partial charge in [0.05, 0.1) is 11.0 Å². The number of nitrogens with zero attached hydrogens (tertiary/aromatic N) is 2. The van der Waals surface area contributed by atoms with Gasteiger partial charge in [0.15, 0.2) is 0 Å². The highest BCUT2D eigenvalue weighted by Gasteiger charge is 2.18. The zero-order chi connectivity index (χ0) is 31.2. The molecule has 2 heteroatoms. The first kappa shape index (κ1) is 27.1. The molecular weight excluding hydrogens is 569 g/mol. The topological polar surface area (TPSA) is 17.8 Å². The van der Waals surface area contributed by atoms with Crippen molar-refractivity contribution in [2.45, 2.75) is 0 Å². The van der Waals surface area contributed by atoms with Gasteiger partial charge in [-0.3, -0.25) is 4.57 Å². The first-order chi connectivity index (χ1) is 23.3. The molecule has 0 aliphatic carbocycles. The Labute approximate surface area is 273 Å². The van der Waals surface area contributed by atoms with E-state index in [2.05, 4.69) is 187 Å². The number of benzene rings is 8. The minimum atomic E-state index is 0.937. The third kappa shape index (κ3) is 4.62. The Morgan fingerprint density at radius 3 is 1.49 bits per heavy atom. The van der Waals surface area contributed by atoms with Crippen molar-refractivity contribution in [2.24, 2.45) is 0 Å². The number of aromatic nitrogens is 2. The molecule has 0 spiro atoms. The fourth-order valence-electron chi connectivity index (χ4n) is 7.08. The maximum absolute atomic E-state index is 5.10. The van der Waals surface area contributed by atoms with Gasteiger partial charge in [0.2, 0.25) is 0 Å². The number of fused-ring (bicyclic) bond motifs is 3. The highest BCUT2D eigenvalue weighted by atomic mass is 15.1. The van der Waals surface area contributed by atoms with E-state index in [1.54, 1.807) is 0 Å². The van der Waals surface area contributed by atoms with Crippen molar-refractivity contribution in [3.05, 3.63) is 182 Å². The van der Waals surface area contributed by atoms with E-state index in [-0.39, 0.29) is 0 Å². The smallest absolute Gasteiger partial charge is 0.145 e. The molecule has 220 valence electrons. The summed E-state index contributed by atoms with van der Waals surface area (Å²) in [6.45, 7) is 0. The van der Waals surface area contributed by atoms with Gasteiger partial charge in [0.1, 0.15) is 5.82 Å². The van der Waals surface area contributed by atoms with Crippen molar-refractivity contribution in [3.63, 3.8) is 0 Å². The van der Waals surface area contributed by atoms with E-state index in [0.29, 0.717) is 0 Å². The summed E-state index contributed by atoms with van der Waals surface area (Å²) >= 11 is 0. The zero-order valence-electron chi connectivity index (χ0n) is 25.7. The lowest BCUT2D eigenvalue weighted by atomic mass is 9.85. The van der Waals surface area contributed by atoms with E-state index in [1.165, 1.54) is 54.9 Å². The van der Waals surface area contributed by atoms with Crippen LogP contribution in [0.2, 0.25) is 0 Å². The van der Waals surface area contributed by atoms with E-state index < -0.39 is 0 Å². The Balaban J connectivity index is 1.23. The SMILES string of the molecule is c1ccc(-c2cccc(-c3c4ccccc4c(-c4ccc(-c5nc6ccccc6n5-c5ccccc5)cc4)c4ccccc34)c2)cc1. The van der Waals surface area contributed by atoms with Gasteiger partial charge in [-0.1, -0.05) is 152 Å². The Morgan fingerprint density at radius 2 is 0.830 bits per heavy atom. The van der Waals surface area contributed by atoms with Crippen molar-refractivity contribution in [2.75, 3.05) is 0 Å². The summed E-state index contributed by atoms with van der Waals surface area (Å²) < 4.78 is 2.26. The molecule has 0 radical (unpaired) electrons. The van der Waals surface area contributed by atoms with Crippen LogP contribution < -0.4 is 0 Å². The van der Waals surface area contributed by atoms with E-state index >= 15 is 0 Å². The monoisotopic (exact) mass is 598 g/mol. The Hall–Kier alpha value is -6.25. The van der Waals surface area contributed by atoms with E-state index in [1.807, 2.05) is 0 Å². The normalized spacial score (nSPS) is 11.4. The highest BCUT2D eigenvalue weighted by Crippen LogP contribution is 2.44. The van der Waals surface area contributed by atoms with E-state index in [9.17, 15) is 0 Å². The minimum Gasteiger partial charge on any atom is -0.292 e. The van der Waals surface area contributed by atoms with Gasteiger partial charge in [-0.2, -0.15) is 0 Å². The predicted octanol–water partition coefficient (Wildman–Crippen LogP) is 12.0. The summed E-state index contributed by atoms with van der Waals surface area (Å²) in [6.07, 6.45) is 0. The number of rotatable bonds is 5. The fraction of sp³-hybridized carbons (Fsp3) is 0. The maximum Gasteiger partial charge on any atom is 0.145 e. The first-order valence-electron chi connectivity index (χ1n) is 16.1. The first-order valence-corrected chi connectivity index (χ1v) is 16.1. The molecule has 9 rings (SSSR count). The van der Waals surface area contributed by atoms with Crippen LogP contribution in [0.1, 0.15) is 0 Å². The molecule has 0 saturated carbocycles. The van der Waals surface area contributed by atoms with E-state index in [4.69, 9.17) is 4.98 Å². The van der Waals surface area contributed by atoms with Crippen molar-refractivity contribution in [3.8, 4) is 50.5 Å². The second-order valence-corrected chi connectivity index (χ2v) is 12.0. The molecule has 0 N–H and O–H groups in total.